The molecule has 4 aliphatic rings. The second-order valence-corrected chi connectivity index (χ2v) is 12.0. The first-order valence-corrected chi connectivity index (χ1v) is 13.9. The number of carbonyl (C=O) groups excluding carboxylic acids is 3. The van der Waals surface area contributed by atoms with Crippen LogP contribution in [0, 0.1) is 11.8 Å². The quantitative estimate of drug-likeness (QED) is 0.309. The van der Waals surface area contributed by atoms with Crippen molar-refractivity contribution < 1.29 is 52.7 Å². The number of Topliss-reactive ketones (excluding diaryl/α,β-unsaturated/α-hetero) is 2. The van der Waals surface area contributed by atoms with Crippen LogP contribution in [0.25, 0.3) is 5.76 Å². The van der Waals surface area contributed by atoms with Gasteiger partial charge in [0.25, 0.3) is 5.91 Å². The number of phenolic OH excluding ortho intramolecular Hbond substituents is 1. The number of aliphatic hydroxyl groups is 3. The van der Waals surface area contributed by atoms with E-state index in [1.165, 1.54) is 19.0 Å². The Morgan fingerprint density at radius 3 is 2.35 bits per heavy atom. The van der Waals surface area contributed by atoms with Gasteiger partial charge in [-0.1, -0.05) is 0 Å². The van der Waals surface area contributed by atoms with Gasteiger partial charge in [0.15, 0.2) is 11.4 Å². The molecule has 1 aliphatic heterocycles. The molecule has 0 aromatic heterocycles. The highest BCUT2D eigenvalue weighted by atomic mass is 19.4. The zero-order valence-corrected chi connectivity index (χ0v) is 23.9. The Bertz CT molecular complexity index is 1460. The highest BCUT2D eigenvalue weighted by Gasteiger charge is 2.64. The van der Waals surface area contributed by atoms with E-state index in [4.69, 9.17) is 10.5 Å². The number of phenols is 1. The number of fused-ring (bicyclic) bond motifs is 3. The number of halogens is 3. The van der Waals surface area contributed by atoms with E-state index in [1.54, 1.807) is 7.11 Å². The van der Waals surface area contributed by atoms with Crippen molar-refractivity contribution in [2.75, 3.05) is 34.3 Å². The van der Waals surface area contributed by atoms with Gasteiger partial charge in [0.05, 0.1) is 23.3 Å². The number of alkyl halides is 3. The van der Waals surface area contributed by atoms with Crippen LogP contribution in [0.5, 0.6) is 5.75 Å². The van der Waals surface area contributed by atoms with Crippen LogP contribution in [-0.2, 0) is 38.3 Å². The van der Waals surface area contributed by atoms with E-state index in [9.17, 15) is 48.0 Å². The SMILES string of the molecule is COC1CCN(Cc2cc(O)c3c(c2C(F)(F)F)C[C@H]2C[C@H]4[C@H](N(C)C)C(=O)C(C(N)=O)=C(O)[C@@]4(O)C(=O)C2=C3O)CC1. The fraction of sp³-hybridized carbons (Fsp3) is 0.552. The Labute approximate surface area is 245 Å². The van der Waals surface area contributed by atoms with Gasteiger partial charge in [0, 0.05) is 38.2 Å². The maximum atomic E-state index is 14.7. The molecular weight excluding hydrogens is 575 g/mol. The van der Waals surface area contributed by atoms with Crippen LogP contribution < -0.4 is 5.73 Å². The van der Waals surface area contributed by atoms with Gasteiger partial charge in [-0.15, -0.1) is 0 Å². The normalized spacial score (nSPS) is 28.7. The number of aliphatic hydroxyl groups excluding tert-OH is 2. The highest BCUT2D eigenvalue weighted by Crippen LogP contribution is 2.54. The molecule has 234 valence electrons. The standard InChI is InChI=1S/C29H34F3N3O8/c1-34(2)22-16-9-12-8-15-19(23(37)18(12)25(39)28(16,42)26(40)20(24(22)38)27(33)41)17(36)10-13(21(15)29(30,31)32)11-35-6-4-14(43-3)5-7-35/h10,12,14,16,22,36-37,40,42H,4-9,11H2,1-3H3,(H2,33,41)/t12-,16-,22-,28-/m0/s1. The molecule has 1 aromatic rings. The van der Waals surface area contributed by atoms with E-state index >= 15 is 0 Å². The van der Waals surface area contributed by atoms with E-state index in [-0.39, 0.29) is 24.6 Å². The Morgan fingerprint density at radius 1 is 1.19 bits per heavy atom. The molecule has 43 heavy (non-hydrogen) atoms. The number of ketones is 2. The lowest BCUT2D eigenvalue weighted by molar-refractivity contribution is -0.153. The number of hydrogen-bond acceptors (Lipinski definition) is 10. The predicted molar refractivity (Wildman–Crippen MR) is 145 cm³/mol. The molecule has 6 N–H and O–H groups in total. The molecule has 0 unspecified atom stereocenters. The summed E-state index contributed by atoms with van der Waals surface area (Å²) in [5, 5.41) is 44.8. The Hall–Kier alpha value is -3.46. The average molecular weight is 610 g/mol. The number of rotatable bonds is 5. The van der Waals surface area contributed by atoms with E-state index in [0.717, 1.165) is 6.07 Å². The lowest BCUT2D eigenvalue weighted by Crippen LogP contribution is -2.65. The molecule has 0 radical (unpaired) electrons. The molecule has 0 spiro atoms. The number of ether oxygens (including phenoxy) is 1. The van der Waals surface area contributed by atoms with Crippen molar-refractivity contribution in [1.82, 2.24) is 9.80 Å². The molecule has 1 aromatic carbocycles. The molecular formula is C29H34F3N3O8. The Morgan fingerprint density at radius 2 is 1.81 bits per heavy atom. The second kappa shape index (κ2) is 10.6. The first-order valence-electron chi connectivity index (χ1n) is 13.9. The van der Waals surface area contributed by atoms with Crippen molar-refractivity contribution in [3.05, 3.63) is 45.2 Å². The van der Waals surface area contributed by atoms with E-state index in [0.29, 0.717) is 25.9 Å². The summed E-state index contributed by atoms with van der Waals surface area (Å²) in [5.74, 6) is -9.03. The van der Waals surface area contributed by atoms with E-state index < -0.39 is 98.7 Å². The van der Waals surface area contributed by atoms with Gasteiger partial charge in [-0.05, 0) is 62.9 Å². The van der Waals surface area contributed by atoms with Crippen LogP contribution in [0.1, 0.15) is 41.5 Å². The fourth-order valence-corrected chi connectivity index (χ4v) is 7.41. The molecule has 5 rings (SSSR count). The van der Waals surface area contributed by atoms with Gasteiger partial charge in [0.1, 0.15) is 22.8 Å². The van der Waals surface area contributed by atoms with Crippen LogP contribution in [0.2, 0.25) is 0 Å². The molecule has 11 nitrogen and oxygen atoms in total. The minimum Gasteiger partial charge on any atom is -0.508 e. The molecule has 0 bridgehead atoms. The summed E-state index contributed by atoms with van der Waals surface area (Å²) < 4.78 is 49.5. The minimum absolute atomic E-state index is 0.00394. The van der Waals surface area contributed by atoms with Crippen LogP contribution in [0.3, 0.4) is 0 Å². The van der Waals surface area contributed by atoms with Crippen molar-refractivity contribution in [2.45, 2.75) is 56.2 Å². The molecule has 1 saturated carbocycles. The maximum absolute atomic E-state index is 14.7. The Kier molecular flexibility index (Phi) is 7.65. The largest absolute Gasteiger partial charge is 0.508 e. The molecule has 3 aliphatic carbocycles. The Balaban J connectivity index is 1.66. The summed E-state index contributed by atoms with van der Waals surface area (Å²) in [6, 6.07) is -0.412. The van der Waals surface area contributed by atoms with Crippen molar-refractivity contribution in [1.29, 1.82) is 0 Å². The van der Waals surface area contributed by atoms with Crippen molar-refractivity contribution in [3.8, 4) is 5.75 Å². The number of nitrogens with zero attached hydrogens (tertiary/aromatic N) is 2. The summed E-state index contributed by atoms with van der Waals surface area (Å²) in [4.78, 5) is 42.3. The number of amides is 1. The van der Waals surface area contributed by atoms with Crippen LogP contribution in [0.4, 0.5) is 13.2 Å². The first kappa shape index (κ1) is 31.0. The number of likely N-dealkylation sites (N-methyl/N-ethyl adjacent to an activating group) is 1. The number of carbonyl (C=O) groups is 3. The van der Waals surface area contributed by atoms with Crippen LogP contribution >= 0.6 is 0 Å². The highest BCUT2D eigenvalue weighted by molar-refractivity contribution is 6.24. The van der Waals surface area contributed by atoms with Gasteiger partial charge in [-0.2, -0.15) is 13.2 Å². The number of primary amides is 1. The van der Waals surface area contributed by atoms with Crippen LogP contribution in [-0.4, -0.2) is 99.7 Å². The summed E-state index contributed by atoms with van der Waals surface area (Å²) in [6.45, 7) is 0.830. The second-order valence-electron chi connectivity index (χ2n) is 12.0. The lowest BCUT2D eigenvalue weighted by Gasteiger charge is -2.50. The van der Waals surface area contributed by atoms with Gasteiger partial charge in [-0.3, -0.25) is 24.2 Å². The van der Waals surface area contributed by atoms with E-state index in [1.807, 2.05) is 4.90 Å². The fourth-order valence-electron chi connectivity index (χ4n) is 7.41. The summed E-state index contributed by atoms with van der Waals surface area (Å²) in [6.07, 6.45) is -4.39. The zero-order chi connectivity index (χ0) is 31.8. The third-order valence-corrected chi connectivity index (χ3v) is 9.35. The number of aromatic hydroxyl groups is 1. The van der Waals surface area contributed by atoms with Gasteiger partial charge in [-0.25, -0.2) is 0 Å². The van der Waals surface area contributed by atoms with E-state index in [2.05, 4.69) is 0 Å². The summed E-state index contributed by atoms with van der Waals surface area (Å²) in [5.41, 5.74) is -1.27. The summed E-state index contributed by atoms with van der Waals surface area (Å²) in [7, 11) is 4.46. The van der Waals surface area contributed by atoms with Crippen molar-refractivity contribution in [3.63, 3.8) is 0 Å². The minimum atomic E-state index is -4.89. The average Bonchev–Trinajstić information content (AvgIpc) is 2.90. The lowest BCUT2D eigenvalue weighted by atomic mass is 9.57. The van der Waals surface area contributed by atoms with Crippen molar-refractivity contribution >= 4 is 23.2 Å². The van der Waals surface area contributed by atoms with Crippen LogP contribution in [0.15, 0.2) is 23.0 Å². The summed E-state index contributed by atoms with van der Waals surface area (Å²) >= 11 is 0. The van der Waals surface area contributed by atoms with Gasteiger partial charge < -0.3 is 30.9 Å². The molecule has 14 heteroatoms. The molecule has 4 atom stereocenters. The molecule has 1 amide bonds. The zero-order valence-electron chi connectivity index (χ0n) is 23.9. The van der Waals surface area contributed by atoms with Gasteiger partial charge >= 0.3 is 6.18 Å². The molecule has 1 heterocycles. The predicted octanol–water partition coefficient (Wildman–Crippen LogP) is 1.59. The van der Waals surface area contributed by atoms with Gasteiger partial charge in [0.2, 0.25) is 5.78 Å². The third kappa shape index (κ3) is 4.71. The number of piperidine rings is 1. The topological polar surface area (TPSA) is 174 Å². The number of benzene rings is 1. The number of nitrogens with two attached hydrogens (primary N) is 1. The first-order chi connectivity index (χ1) is 20.0. The maximum Gasteiger partial charge on any atom is 0.417 e. The number of hydrogen-bond donors (Lipinski definition) is 5. The van der Waals surface area contributed by atoms with Crippen molar-refractivity contribution in [2.24, 2.45) is 17.6 Å². The molecule has 2 fully saturated rings. The number of methoxy groups -OCH3 is 1. The molecule has 1 saturated heterocycles. The third-order valence-electron chi connectivity index (χ3n) is 9.35. The number of likely N-dealkylation sites (tertiary alicyclic amines) is 1. The smallest absolute Gasteiger partial charge is 0.417 e. The monoisotopic (exact) mass is 609 g/mol.